The van der Waals surface area contributed by atoms with Gasteiger partial charge in [0.15, 0.2) is 0 Å². The van der Waals surface area contributed by atoms with Crippen LogP contribution in [0.15, 0.2) is 35.3 Å². The lowest BCUT2D eigenvalue weighted by Gasteiger charge is -2.05. The van der Waals surface area contributed by atoms with Crippen molar-refractivity contribution in [3.05, 3.63) is 35.9 Å². The van der Waals surface area contributed by atoms with E-state index in [1.54, 1.807) is 0 Å². The summed E-state index contributed by atoms with van der Waals surface area (Å²) in [5, 5.41) is 0. The molecular weight excluding hydrogens is 226 g/mol. The molecule has 3 heteroatoms. The lowest BCUT2D eigenvalue weighted by atomic mass is 10.1. The first-order chi connectivity index (χ1) is 8.74. The molecule has 18 heavy (non-hydrogen) atoms. The lowest BCUT2D eigenvalue weighted by molar-refractivity contribution is -0.141. The fourth-order valence-corrected chi connectivity index (χ4v) is 2.18. The summed E-state index contributed by atoms with van der Waals surface area (Å²) in [4.78, 5) is 15.3. The number of aliphatic imine (C=N–C) groups is 1. The van der Waals surface area contributed by atoms with Crippen LogP contribution in [0.5, 0.6) is 0 Å². The lowest BCUT2D eigenvalue weighted by Crippen LogP contribution is -2.12. The topological polar surface area (TPSA) is 38.7 Å². The molecule has 0 spiro atoms. The number of carbonyl (C=O) groups excluding carboxylic acids is 1. The minimum Gasteiger partial charge on any atom is -0.464 e. The molecule has 0 bridgehead atoms. The van der Waals surface area contributed by atoms with Crippen LogP contribution in [-0.4, -0.2) is 24.3 Å². The van der Waals surface area contributed by atoms with Gasteiger partial charge >= 0.3 is 5.97 Å². The highest BCUT2D eigenvalue weighted by Crippen LogP contribution is 2.17. The number of rotatable bonds is 5. The van der Waals surface area contributed by atoms with Crippen molar-refractivity contribution >= 4 is 11.7 Å². The molecule has 2 rings (SSSR count). The third-order valence-electron chi connectivity index (χ3n) is 3.16. The van der Waals surface area contributed by atoms with Gasteiger partial charge in [0, 0.05) is 12.6 Å². The average molecular weight is 245 g/mol. The molecular formula is C15H19NO2. The predicted octanol–water partition coefficient (Wildman–Crippen LogP) is 2.79. The smallest absolute Gasteiger partial charge is 0.302 e. The minimum absolute atomic E-state index is 0.180. The minimum atomic E-state index is -0.220. The van der Waals surface area contributed by atoms with Crippen molar-refractivity contribution in [3.8, 4) is 0 Å². The molecule has 0 amide bonds. The Labute approximate surface area is 108 Å². The van der Waals surface area contributed by atoms with Gasteiger partial charge in [-0.3, -0.25) is 9.79 Å². The molecule has 1 atom stereocenters. The molecule has 0 fully saturated rings. The molecule has 0 saturated heterocycles. The van der Waals surface area contributed by atoms with Gasteiger partial charge in [-0.1, -0.05) is 30.3 Å². The van der Waals surface area contributed by atoms with Crippen molar-refractivity contribution in [2.45, 2.75) is 38.6 Å². The molecule has 0 radical (unpaired) electrons. The Kier molecular flexibility index (Phi) is 4.51. The van der Waals surface area contributed by atoms with Crippen molar-refractivity contribution < 1.29 is 9.53 Å². The molecule has 1 aliphatic rings. The second-order valence-corrected chi connectivity index (χ2v) is 4.68. The molecule has 0 saturated carbocycles. The van der Waals surface area contributed by atoms with Crippen LogP contribution in [0.4, 0.5) is 0 Å². The largest absolute Gasteiger partial charge is 0.464 e. The molecule has 1 aromatic carbocycles. The molecule has 3 nitrogen and oxygen atoms in total. The zero-order valence-electron chi connectivity index (χ0n) is 10.8. The maximum Gasteiger partial charge on any atom is 0.302 e. The average Bonchev–Trinajstić information content (AvgIpc) is 2.83. The number of esters is 1. The van der Waals surface area contributed by atoms with Gasteiger partial charge in [0.25, 0.3) is 0 Å². The van der Waals surface area contributed by atoms with Crippen LogP contribution in [0.1, 0.15) is 31.7 Å². The van der Waals surface area contributed by atoms with Crippen LogP contribution in [0, 0.1) is 0 Å². The highest BCUT2D eigenvalue weighted by molar-refractivity contribution is 5.86. The maximum absolute atomic E-state index is 10.7. The van der Waals surface area contributed by atoms with Gasteiger partial charge in [-0.15, -0.1) is 0 Å². The number of nitrogens with zero attached hydrogens (tertiary/aromatic N) is 1. The van der Waals surface area contributed by atoms with E-state index in [2.05, 4.69) is 29.3 Å². The van der Waals surface area contributed by atoms with E-state index in [4.69, 9.17) is 4.74 Å². The first-order valence-corrected chi connectivity index (χ1v) is 6.47. The van der Waals surface area contributed by atoms with Crippen LogP contribution in [0.2, 0.25) is 0 Å². The number of ether oxygens (including phenoxy) is 1. The Morgan fingerprint density at radius 1 is 1.33 bits per heavy atom. The molecule has 96 valence electrons. The van der Waals surface area contributed by atoms with Gasteiger partial charge in [-0.25, -0.2) is 0 Å². The number of hydrogen-bond acceptors (Lipinski definition) is 3. The summed E-state index contributed by atoms with van der Waals surface area (Å²) >= 11 is 0. The third-order valence-corrected chi connectivity index (χ3v) is 3.16. The van der Waals surface area contributed by atoms with Crippen LogP contribution < -0.4 is 0 Å². The second-order valence-electron chi connectivity index (χ2n) is 4.68. The van der Waals surface area contributed by atoms with E-state index in [1.807, 2.05) is 6.07 Å². The zero-order valence-corrected chi connectivity index (χ0v) is 10.8. The zero-order chi connectivity index (χ0) is 12.8. The van der Waals surface area contributed by atoms with Crippen LogP contribution in [0.3, 0.4) is 0 Å². The summed E-state index contributed by atoms with van der Waals surface area (Å²) in [6.07, 6.45) is 4.11. The van der Waals surface area contributed by atoms with Crippen molar-refractivity contribution in [2.24, 2.45) is 4.99 Å². The summed E-state index contributed by atoms with van der Waals surface area (Å²) in [6, 6.07) is 10.6. The summed E-state index contributed by atoms with van der Waals surface area (Å²) in [6.45, 7) is 1.87. The summed E-state index contributed by atoms with van der Waals surface area (Å²) in [7, 11) is 0. The number of aryl methyl sites for hydroxylation is 1. The number of carbonyl (C=O) groups is 1. The number of hydrogen-bond donors (Lipinski definition) is 0. The van der Waals surface area contributed by atoms with E-state index in [1.165, 1.54) is 18.2 Å². The molecule has 1 unspecified atom stereocenters. The highest BCUT2D eigenvalue weighted by Gasteiger charge is 2.18. The molecule has 0 aromatic heterocycles. The van der Waals surface area contributed by atoms with Crippen LogP contribution >= 0.6 is 0 Å². The van der Waals surface area contributed by atoms with Crippen molar-refractivity contribution in [1.82, 2.24) is 0 Å². The maximum atomic E-state index is 10.7. The Morgan fingerprint density at radius 2 is 2.11 bits per heavy atom. The van der Waals surface area contributed by atoms with Gasteiger partial charge in [-0.05, 0) is 31.2 Å². The fourth-order valence-electron chi connectivity index (χ4n) is 2.18. The molecule has 0 aliphatic carbocycles. The Balaban J connectivity index is 1.77. The van der Waals surface area contributed by atoms with Gasteiger partial charge in [0.05, 0.1) is 6.04 Å². The Hall–Kier alpha value is -1.64. The van der Waals surface area contributed by atoms with Crippen molar-refractivity contribution in [2.75, 3.05) is 6.61 Å². The standard InChI is InChI=1S/C15H19NO2/c1-12(17)18-11-15-10-9-14(16-15)8-7-13-5-3-2-4-6-13/h2-6,15H,7-11H2,1H3. The second kappa shape index (κ2) is 6.34. The van der Waals surface area contributed by atoms with E-state index in [0.717, 1.165) is 25.7 Å². The summed E-state index contributed by atoms with van der Waals surface area (Å²) in [5.41, 5.74) is 2.61. The first kappa shape index (κ1) is 12.8. The number of benzene rings is 1. The van der Waals surface area contributed by atoms with Gasteiger partial charge in [0.2, 0.25) is 0 Å². The van der Waals surface area contributed by atoms with E-state index in [9.17, 15) is 4.79 Å². The SMILES string of the molecule is CC(=O)OCC1CCC(CCc2ccccc2)=N1. The van der Waals surface area contributed by atoms with E-state index in [0.29, 0.717) is 6.61 Å². The third kappa shape index (κ3) is 3.99. The van der Waals surface area contributed by atoms with Gasteiger partial charge in [0.1, 0.15) is 6.61 Å². The van der Waals surface area contributed by atoms with Crippen LogP contribution in [-0.2, 0) is 16.0 Å². The fraction of sp³-hybridized carbons (Fsp3) is 0.467. The van der Waals surface area contributed by atoms with E-state index >= 15 is 0 Å². The van der Waals surface area contributed by atoms with Crippen molar-refractivity contribution in [3.63, 3.8) is 0 Å². The summed E-state index contributed by atoms with van der Waals surface area (Å²) < 4.78 is 4.99. The van der Waals surface area contributed by atoms with Gasteiger partial charge in [-0.2, -0.15) is 0 Å². The van der Waals surface area contributed by atoms with Crippen molar-refractivity contribution in [1.29, 1.82) is 0 Å². The molecule has 0 N–H and O–H groups in total. The predicted molar refractivity (Wildman–Crippen MR) is 71.9 cm³/mol. The first-order valence-electron chi connectivity index (χ1n) is 6.47. The van der Waals surface area contributed by atoms with Crippen LogP contribution in [0.25, 0.3) is 0 Å². The van der Waals surface area contributed by atoms with Gasteiger partial charge < -0.3 is 4.74 Å². The monoisotopic (exact) mass is 245 g/mol. The molecule has 1 heterocycles. The summed E-state index contributed by atoms with van der Waals surface area (Å²) in [5.74, 6) is -0.220. The Morgan fingerprint density at radius 3 is 2.83 bits per heavy atom. The quantitative estimate of drug-likeness (QED) is 0.748. The molecule has 1 aromatic rings. The van der Waals surface area contributed by atoms with E-state index < -0.39 is 0 Å². The normalized spacial score (nSPS) is 18.5. The van der Waals surface area contributed by atoms with E-state index in [-0.39, 0.29) is 12.0 Å². The highest BCUT2D eigenvalue weighted by atomic mass is 16.5. The Bertz CT molecular complexity index is 425. The molecule has 1 aliphatic heterocycles.